The Morgan fingerprint density at radius 3 is 3.04 bits per heavy atom. The molecule has 1 saturated heterocycles. The van der Waals surface area contributed by atoms with Crippen molar-refractivity contribution in [2.24, 2.45) is 0 Å². The molecule has 0 aliphatic carbocycles. The van der Waals surface area contributed by atoms with E-state index in [0.717, 1.165) is 30.6 Å². The number of benzene rings is 1. The predicted molar refractivity (Wildman–Crippen MR) is 88.7 cm³/mol. The summed E-state index contributed by atoms with van der Waals surface area (Å²) in [4.78, 5) is 6.14. The molecule has 1 fully saturated rings. The van der Waals surface area contributed by atoms with Crippen LogP contribution in [0.5, 0.6) is 0 Å². The highest BCUT2D eigenvalue weighted by Gasteiger charge is 2.26. The average Bonchev–Trinajstić information content (AvgIpc) is 3.03. The lowest BCUT2D eigenvalue weighted by molar-refractivity contribution is 0.281. The lowest BCUT2D eigenvalue weighted by atomic mass is 10.0. The minimum absolute atomic E-state index is 0.0523. The van der Waals surface area contributed by atoms with Crippen LogP contribution in [0.4, 0.5) is 10.2 Å². The highest BCUT2D eigenvalue weighted by Crippen LogP contribution is 2.23. The van der Waals surface area contributed by atoms with E-state index in [1.807, 2.05) is 23.1 Å². The molecule has 1 aromatic carbocycles. The van der Waals surface area contributed by atoms with Crippen molar-refractivity contribution in [1.82, 2.24) is 10.3 Å². The summed E-state index contributed by atoms with van der Waals surface area (Å²) in [5.74, 6) is 0.170. The van der Waals surface area contributed by atoms with E-state index in [-0.39, 0.29) is 18.5 Å². The van der Waals surface area contributed by atoms with Crippen molar-refractivity contribution in [2.45, 2.75) is 32.0 Å². The first-order chi connectivity index (χ1) is 11.2. The van der Waals surface area contributed by atoms with Crippen molar-refractivity contribution < 1.29 is 9.50 Å². The molecule has 23 heavy (non-hydrogen) atoms. The van der Waals surface area contributed by atoms with Gasteiger partial charge in [-0.25, -0.2) is 9.37 Å². The number of nitrogens with zero attached hydrogens (tertiary/aromatic N) is 2. The largest absolute Gasteiger partial charge is 0.392 e. The SMILES string of the molecule is CC(NC1CCN(c2ncccc2F)C1)c1cccc(CO)c1. The van der Waals surface area contributed by atoms with Crippen LogP contribution in [0.2, 0.25) is 0 Å². The topological polar surface area (TPSA) is 48.4 Å². The number of aliphatic hydroxyl groups excluding tert-OH is 1. The third-order valence-electron chi connectivity index (χ3n) is 4.35. The fraction of sp³-hybridized carbons (Fsp3) is 0.389. The fourth-order valence-corrected chi connectivity index (χ4v) is 3.11. The minimum atomic E-state index is -0.267. The number of hydrogen-bond acceptors (Lipinski definition) is 4. The van der Waals surface area contributed by atoms with Crippen LogP contribution < -0.4 is 10.2 Å². The summed E-state index contributed by atoms with van der Waals surface area (Å²) in [6.07, 6.45) is 2.59. The summed E-state index contributed by atoms with van der Waals surface area (Å²) in [5, 5.41) is 12.8. The lowest BCUT2D eigenvalue weighted by Gasteiger charge is -2.22. The maximum Gasteiger partial charge on any atom is 0.165 e. The molecule has 2 N–H and O–H groups in total. The Morgan fingerprint density at radius 1 is 1.39 bits per heavy atom. The van der Waals surface area contributed by atoms with Crippen LogP contribution in [0.3, 0.4) is 0 Å². The van der Waals surface area contributed by atoms with Gasteiger partial charge in [-0.3, -0.25) is 0 Å². The van der Waals surface area contributed by atoms with Gasteiger partial charge >= 0.3 is 0 Å². The van der Waals surface area contributed by atoms with Crippen LogP contribution in [0.25, 0.3) is 0 Å². The zero-order valence-electron chi connectivity index (χ0n) is 13.2. The van der Waals surface area contributed by atoms with Gasteiger partial charge in [-0.05, 0) is 36.6 Å². The maximum absolute atomic E-state index is 13.8. The second-order valence-corrected chi connectivity index (χ2v) is 6.03. The van der Waals surface area contributed by atoms with Crippen LogP contribution in [0.15, 0.2) is 42.6 Å². The van der Waals surface area contributed by atoms with Gasteiger partial charge in [0.25, 0.3) is 0 Å². The molecule has 1 aliphatic heterocycles. The summed E-state index contributed by atoms with van der Waals surface area (Å²) < 4.78 is 13.8. The molecule has 0 amide bonds. The molecule has 2 heterocycles. The molecular weight excluding hydrogens is 293 g/mol. The second kappa shape index (κ2) is 7.06. The van der Waals surface area contributed by atoms with E-state index < -0.39 is 0 Å². The Morgan fingerprint density at radius 2 is 2.26 bits per heavy atom. The van der Waals surface area contributed by atoms with Gasteiger partial charge in [0.2, 0.25) is 0 Å². The van der Waals surface area contributed by atoms with Crippen LogP contribution in [0, 0.1) is 5.82 Å². The van der Waals surface area contributed by atoms with Gasteiger partial charge in [-0.2, -0.15) is 0 Å². The van der Waals surface area contributed by atoms with Crippen molar-refractivity contribution in [3.63, 3.8) is 0 Å². The molecule has 1 aliphatic rings. The number of halogens is 1. The van der Waals surface area contributed by atoms with E-state index in [1.165, 1.54) is 6.07 Å². The van der Waals surface area contributed by atoms with E-state index in [1.54, 1.807) is 12.3 Å². The molecule has 0 spiro atoms. The van der Waals surface area contributed by atoms with E-state index in [4.69, 9.17) is 0 Å². The van der Waals surface area contributed by atoms with Crippen LogP contribution >= 0.6 is 0 Å². The zero-order valence-corrected chi connectivity index (χ0v) is 13.2. The molecule has 2 atom stereocenters. The molecule has 5 heteroatoms. The van der Waals surface area contributed by atoms with Crippen LogP contribution in [-0.2, 0) is 6.61 Å². The molecule has 2 aromatic rings. The predicted octanol–water partition coefficient (Wildman–Crippen LogP) is 2.64. The lowest BCUT2D eigenvalue weighted by Crippen LogP contribution is -2.34. The highest BCUT2D eigenvalue weighted by molar-refractivity contribution is 5.41. The van der Waals surface area contributed by atoms with E-state index in [0.29, 0.717) is 11.9 Å². The van der Waals surface area contributed by atoms with E-state index in [9.17, 15) is 9.50 Å². The normalized spacial score (nSPS) is 19.1. The smallest absolute Gasteiger partial charge is 0.165 e. The molecular formula is C18H22FN3O. The van der Waals surface area contributed by atoms with Gasteiger partial charge in [0.05, 0.1) is 6.61 Å². The van der Waals surface area contributed by atoms with Gasteiger partial charge in [-0.15, -0.1) is 0 Å². The van der Waals surface area contributed by atoms with Crippen molar-refractivity contribution in [1.29, 1.82) is 0 Å². The Hall–Kier alpha value is -1.98. The third-order valence-corrected chi connectivity index (χ3v) is 4.35. The molecule has 4 nitrogen and oxygen atoms in total. The third kappa shape index (κ3) is 3.68. The first kappa shape index (κ1) is 15.9. The molecule has 2 unspecified atom stereocenters. The van der Waals surface area contributed by atoms with Crippen molar-refractivity contribution in [3.05, 3.63) is 59.5 Å². The Bertz CT molecular complexity index is 664. The van der Waals surface area contributed by atoms with E-state index >= 15 is 0 Å². The van der Waals surface area contributed by atoms with Crippen LogP contribution in [0.1, 0.15) is 30.5 Å². The summed E-state index contributed by atoms with van der Waals surface area (Å²) in [5.41, 5.74) is 2.07. The van der Waals surface area contributed by atoms with E-state index in [2.05, 4.69) is 23.3 Å². The number of nitrogens with one attached hydrogen (secondary N) is 1. The number of anilines is 1. The Balaban J connectivity index is 1.62. The standard InChI is InChI=1S/C18H22FN3O/c1-13(15-5-2-4-14(10-15)12-23)21-16-7-9-22(11-16)18-17(19)6-3-8-20-18/h2-6,8,10,13,16,21,23H,7,9,11-12H2,1H3. The summed E-state index contributed by atoms with van der Waals surface area (Å²) in [6, 6.07) is 11.5. The molecule has 122 valence electrons. The van der Waals surface area contributed by atoms with Gasteiger partial charge in [0.15, 0.2) is 11.6 Å². The quantitative estimate of drug-likeness (QED) is 0.890. The number of pyridine rings is 1. The molecule has 0 bridgehead atoms. The van der Waals surface area contributed by atoms with Gasteiger partial charge < -0.3 is 15.3 Å². The molecule has 0 radical (unpaired) electrons. The van der Waals surface area contributed by atoms with Crippen molar-refractivity contribution in [2.75, 3.05) is 18.0 Å². The zero-order chi connectivity index (χ0) is 16.2. The molecule has 1 aromatic heterocycles. The average molecular weight is 315 g/mol. The van der Waals surface area contributed by atoms with Crippen molar-refractivity contribution >= 4 is 5.82 Å². The maximum atomic E-state index is 13.8. The number of rotatable bonds is 5. The Labute approximate surface area is 136 Å². The molecule has 0 saturated carbocycles. The second-order valence-electron chi connectivity index (χ2n) is 6.03. The minimum Gasteiger partial charge on any atom is -0.392 e. The molecule has 3 rings (SSSR count). The number of hydrogen-bond donors (Lipinski definition) is 2. The number of aromatic nitrogens is 1. The summed E-state index contributed by atoms with van der Waals surface area (Å²) in [7, 11) is 0. The highest BCUT2D eigenvalue weighted by atomic mass is 19.1. The fourth-order valence-electron chi connectivity index (χ4n) is 3.11. The monoisotopic (exact) mass is 315 g/mol. The number of aliphatic hydroxyl groups is 1. The van der Waals surface area contributed by atoms with Crippen LogP contribution in [-0.4, -0.2) is 29.2 Å². The Kier molecular flexibility index (Phi) is 4.88. The first-order valence-electron chi connectivity index (χ1n) is 7.98. The van der Waals surface area contributed by atoms with Gasteiger partial charge in [0.1, 0.15) is 0 Å². The van der Waals surface area contributed by atoms with Gasteiger partial charge in [-0.1, -0.05) is 24.3 Å². The van der Waals surface area contributed by atoms with Crippen molar-refractivity contribution in [3.8, 4) is 0 Å². The first-order valence-corrected chi connectivity index (χ1v) is 7.98. The summed E-state index contributed by atoms with van der Waals surface area (Å²) in [6.45, 7) is 3.71. The van der Waals surface area contributed by atoms with Gasteiger partial charge in [0, 0.05) is 31.4 Å². The summed E-state index contributed by atoms with van der Waals surface area (Å²) >= 11 is 0.